The number of halogens is 1. The molecule has 0 radical (unpaired) electrons. The lowest BCUT2D eigenvalue weighted by molar-refractivity contribution is 0.294. The van der Waals surface area contributed by atoms with E-state index in [1.54, 1.807) is 7.11 Å². The van der Waals surface area contributed by atoms with Crippen LogP contribution in [0, 0.1) is 6.92 Å². The van der Waals surface area contributed by atoms with E-state index in [9.17, 15) is 0 Å². The summed E-state index contributed by atoms with van der Waals surface area (Å²) in [5, 5.41) is 3.08. The fourth-order valence-corrected chi connectivity index (χ4v) is 2.14. The van der Waals surface area contributed by atoms with E-state index in [1.165, 1.54) is 5.56 Å². The average Bonchev–Trinajstić information content (AvgIpc) is 2.60. The predicted molar refractivity (Wildman–Crippen MR) is 114 cm³/mol. The van der Waals surface area contributed by atoms with Gasteiger partial charge in [-0.1, -0.05) is 30.7 Å². The Morgan fingerprint density at radius 1 is 1.12 bits per heavy atom. The summed E-state index contributed by atoms with van der Waals surface area (Å²) in [6, 6.07) is 13.8. The van der Waals surface area contributed by atoms with Gasteiger partial charge in [-0.05, 0) is 43.2 Å². The van der Waals surface area contributed by atoms with E-state index in [0.29, 0.717) is 24.9 Å². The number of aryl methyl sites for hydroxylation is 1. The Balaban J connectivity index is 0.00000312. The van der Waals surface area contributed by atoms with E-state index >= 15 is 0 Å². The fourth-order valence-electron chi connectivity index (χ4n) is 2.14. The minimum atomic E-state index is 0. The molecule has 2 aromatic carbocycles. The van der Waals surface area contributed by atoms with Gasteiger partial charge in [0, 0.05) is 5.69 Å². The molecule has 0 fully saturated rings. The van der Waals surface area contributed by atoms with Crippen molar-refractivity contribution >= 4 is 35.6 Å². The molecule has 0 saturated carbocycles. The highest BCUT2D eigenvalue weighted by atomic mass is 127. The van der Waals surface area contributed by atoms with Crippen LogP contribution in [-0.2, 0) is 6.54 Å². The Kier molecular flexibility index (Phi) is 9.12. The van der Waals surface area contributed by atoms with Crippen molar-refractivity contribution < 1.29 is 9.47 Å². The van der Waals surface area contributed by atoms with Gasteiger partial charge in [0.05, 0.1) is 20.3 Å². The van der Waals surface area contributed by atoms with E-state index in [0.717, 1.165) is 23.4 Å². The van der Waals surface area contributed by atoms with Crippen LogP contribution in [0.2, 0.25) is 0 Å². The van der Waals surface area contributed by atoms with Crippen LogP contribution in [0.5, 0.6) is 11.5 Å². The molecule has 0 saturated heterocycles. The van der Waals surface area contributed by atoms with Crippen molar-refractivity contribution in [1.29, 1.82) is 0 Å². The van der Waals surface area contributed by atoms with Crippen molar-refractivity contribution in [2.75, 3.05) is 19.0 Å². The molecule has 0 spiro atoms. The first kappa shape index (κ1) is 21.1. The Labute approximate surface area is 166 Å². The number of ether oxygens (including phenoxy) is 2. The third-order valence-corrected chi connectivity index (χ3v) is 3.45. The largest absolute Gasteiger partial charge is 0.493 e. The summed E-state index contributed by atoms with van der Waals surface area (Å²) in [5.74, 6) is 1.84. The molecular weight excluding hydrogens is 429 g/mol. The van der Waals surface area contributed by atoms with Crippen LogP contribution in [0.1, 0.15) is 24.5 Å². The highest BCUT2D eigenvalue weighted by Crippen LogP contribution is 2.28. The molecule has 2 rings (SSSR count). The summed E-state index contributed by atoms with van der Waals surface area (Å²) in [7, 11) is 1.63. The molecule has 0 unspecified atom stereocenters. The number of hydrogen-bond acceptors (Lipinski definition) is 3. The third kappa shape index (κ3) is 6.81. The van der Waals surface area contributed by atoms with E-state index in [4.69, 9.17) is 15.2 Å². The number of methoxy groups -OCH3 is 1. The quantitative estimate of drug-likeness (QED) is 0.371. The van der Waals surface area contributed by atoms with Crippen LogP contribution in [0.4, 0.5) is 5.69 Å². The van der Waals surface area contributed by atoms with Gasteiger partial charge in [-0.3, -0.25) is 0 Å². The summed E-state index contributed by atoms with van der Waals surface area (Å²) in [6.45, 7) is 5.25. The molecule has 2 aromatic rings. The molecule has 136 valence electrons. The first-order chi connectivity index (χ1) is 11.6. The van der Waals surface area contributed by atoms with E-state index in [2.05, 4.69) is 17.2 Å². The summed E-state index contributed by atoms with van der Waals surface area (Å²) in [4.78, 5) is 4.37. The molecule has 6 heteroatoms. The van der Waals surface area contributed by atoms with Crippen LogP contribution in [-0.4, -0.2) is 19.7 Å². The molecule has 0 aliphatic rings. The molecule has 5 nitrogen and oxygen atoms in total. The number of nitrogens with two attached hydrogens (primary N) is 1. The number of hydrogen-bond donors (Lipinski definition) is 2. The number of rotatable bonds is 7. The number of guanidine groups is 1. The lowest BCUT2D eigenvalue weighted by Crippen LogP contribution is -2.22. The van der Waals surface area contributed by atoms with Gasteiger partial charge in [-0.15, -0.1) is 24.0 Å². The fraction of sp³-hybridized carbons (Fsp3) is 0.316. The second kappa shape index (κ2) is 10.8. The van der Waals surface area contributed by atoms with Crippen molar-refractivity contribution in [2.24, 2.45) is 10.7 Å². The van der Waals surface area contributed by atoms with Crippen LogP contribution in [0.3, 0.4) is 0 Å². The van der Waals surface area contributed by atoms with Crippen molar-refractivity contribution in [3.63, 3.8) is 0 Å². The molecule has 0 aromatic heterocycles. The first-order valence-corrected chi connectivity index (χ1v) is 8.05. The number of anilines is 1. The molecule has 0 amide bonds. The minimum Gasteiger partial charge on any atom is -0.493 e. The Morgan fingerprint density at radius 3 is 2.48 bits per heavy atom. The van der Waals surface area contributed by atoms with Crippen LogP contribution >= 0.6 is 24.0 Å². The maximum absolute atomic E-state index is 5.94. The molecule has 0 atom stereocenters. The van der Waals surface area contributed by atoms with Crippen molar-refractivity contribution in [1.82, 2.24) is 0 Å². The molecule has 3 N–H and O–H groups in total. The lowest BCUT2D eigenvalue weighted by atomic mass is 10.2. The lowest BCUT2D eigenvalue weighted by Gasteiger charge is -2.11. The second-order valence-electron chi connectivity index (χ2n) is 5.53. The Morgan fingerprint density at radius 2 is 1.84 bits per heavy atom. The van der Waals surface area contributed by atoms with Gasteiger partial charge in [0.25, 0.3) is 0 Å². The van der Waals surface area contributed by atoms with Gasteiger partial charge in [0.15, 0.2) is 17.5 Å². The zero-order valence-electron chi connectivity index (χ0n) is 14.9. The molecule has 0 aliphatic carbocycles. The predicted octanol–water partition coefficient (Wildman–Crippen LogP) is 4.34. The highest BCUT2D eigenvalue weighted by molar-refractivity contribution is 14.0. The molecule has 0 aliphatic heterocycles. The summed E-state index contributed by atoms with van der Waals surface area (Å²) in [6.07, 6.45) is 0.955. The van der Waals surface area contributed by atoms with Crippen molar-refractivity contribution in [2.45, 2.75) is 26.8 Å². The van der Waals surface area contributed by atoms with Crippen LogP contribution in [0.25, 0.3) is 0 Å². The van der Waals surface area contributed by atoms with Crippen molar-refractivity contribution in [3.05, 3.63) is 53.6 Å². The SMILES string of the molecule is CCCOc1ccc(CN=C(N)Nc2ccc(C)cc2)cc1OC.I. The second-order valence-corrected chi connectivity index (χ2v) is 5.53. The summed E-state index contributed by atoms with van der Waals surface area (Å²) >= 11 is 0. The van der Waals surface area contributed by atoms with Gasteiger partial charge in [-0.2, -0.15) is 0 Å². The van der Waals surface area contributed by atoms with Crippen LogP contribution in [0.15, 0.2) is 47.5 Å². The average molecular weight is 455 g/mol. The first-order valence-electron chi connectivity index (χ1n) is 8.05. The van der Waals surface area contributed by atoms with Gasteiger partial charge >= 0.3 is 0 Å². The Bertz CT molecular complexity index is 688. The standard InChI is InChI=1S/C19H25N3O2.HI/c1-4-11-24-17-10-7-15(12-18(17)23-3)13-21-19(20)22-16-8-5-14(2)6-9-16;/h5-10,12H,4,11,13H2,1-3H3,(H3,20,21,22);1H. The molecule has 25 heavy (non-hydrogen) atoms. The number of aliphatic imine (C=N–C) groups is 1. The topological polar surface area (TPSA) is 68.9 Å². The molecule has 0 bridgehead atoms. The van der Waals surface area contributed by atoms with Gasteiger partial charge < -0.3 is 20.5 Å². The van der Waals surface area contributed by atoms with Crippen LogP contribution < -0.4 is 20.5 Å². The number of nitrogens with zero attached hydrogens (tertiary/aromatic N) is 1. The van der Waals surface area contributed by atoms with E-state index in [1.807, 2.05) is 49.4 Å². The zero-order chi connectivity index (χ0) is 17.4. The number of nitrogens with one attached hydrogen (secondary N) is 1. The number of benzene rings is 2. The third-order valence-electron chi connectivity index (χ3n) is 3.45. The van der Waals surface area contributed by atoms with Gasteiger partial charge in [0.1, 0.15) is 0 Å². The minimum absolute atomic E-state index is 0. The van der Waals surface area contributed by atoms with Gasteiger partial charge in [0.2, 0.25) is 0 Å². The molecule has 0 heterocycles. The maximum Gasteiger partial charge on any atom is 0.193 e. The molecular formula is C19H26IN3O2. The van der Waals surface area contributed by atoms with Gasteiger partial charge in [-0.25, -0.2) is 4.99 Å². The monoisotopic (exact) mass is 455 g/mol. The van der Waals surface area contributed by atoms with E-state index < -0.39 is 0 Å². The smallest absolute Gasteiger partial charge is 0.193 e. The zero-order valence-corrected chi connectivity index (χ0v) is 17.2. The van der Waals surface area contributed by atoms with Crippen molar-refractivity contribution in [3.8, 4) is 11.5 Å². The summed E-state index contributed by atoms with van der Waals surface area (Å²) < 4.78 is 11.0. The highest BCUT2D eigenvalue weighted by Gasteiger charge is 2.05. The maximum atomic E-state index is 5.94. The Hall–Kier alpha value is -1.96. The van der Waals surface area contributed by atoms with E-state index in [-0.39, 0.29) is 24.0 Å². The summed E-state index contributed by atoms with van der Waals surface area (Å²) in [5.41, 5.74) is 9.07. The normalized spacial score (nSPS) is 10.8.